The number of benzene rings is 1. The van der Waals surface area contributed by atoms with Gasteiger partial charge in [0.15, 0.2) is 5.78 Å². The van der Waals surface area contributed by atoms with Crippen molar-refractivity contribution in [3.05, 3.63) is 23.3 Å². The number of carbonyl (C=O) groups is 1. The Bertz CT molecular complexity index is 382. The van der Waals surface area contributed by atoms with Crippen molar-refractivity contribution >= 4 is 5.78 Å². The fraction of sp³-hybridized carbons (Fsp3) is 0.364. The molecule has 0 fully saturated rings. The SMILES string of the molecule is CC(=O)c1ccc(O)c(CC(C)O)c1O. The highest BCUT2D eigenvalue weighted by atomic mass is 16.3. The summed E-state index contributed by atoms with van der Waals surface area (Å²) >= 11 is 0. The van der Waals surface area contributed by atoms with Gasteiger partial charge >= 0.3 is 0 Å². The second kappa shape index (κ2) is 4.31. The van der Waals surface area contributed by atoms with Gasteiger partial charge in [-0.3, -0.25) is 4.79 Å². The van der Waals surface area contributed by atoms with E-state index in [9.17, 15) is 20.1 Å². The minimum atomic E-state index is -0.691. The maximum atomic E-state index is 11.1. The van der Waals surface area contributed by atoms with Crippen LogP contribution in [-0.2, 0) is 6.42 Å². The standard InChI is InChI=1S/C11H14O4/c1-6(12)5-9-10(14)4-3-8(7(2)13)11(9)15/h3-4,6,12,14-15H,5H2,1-2H3. The summed E-state index contributed by atoms with van der Waals surface area (Å²) in [6, 6.07) is 2.70. The van der Waals surface area contributed by atoms with Crippen LogP contribution in [0.1, 0.15) is 29.8 Å². The van der Waals surface area contributed by atoms with Crippen LogP contribution in [0.3, 0.4) is 0 Å². The van der Waals surface area contributed by atoms with Crippen molar-refractivity contribution in [3.63, 3.8) is 0 Å². The minimum Gasteiger partial charge on any atom is -0.508 e. The maximum Gasteiger partial charge on any atom is 0.163 e. The number of ketones is 1. The predicted molar refractivity (Wildman–Crippen MR) is 55.2 cm³/mol. The molecule has 0 amide bonds. The molecule has 1 rings (SSSR count). The smallest absolute Gasteiger partial charge is 0.163 e. The molecule has 0 heterocycles. The lowest BCUT2D eigenvalue weighted by Gasteiger charge is -2.11. The molecule has 1 aromatic rings. The Morgan fingerprint density at radius 1 is 1.40 bits per heavy atom. The normalized spacial score (nSPS) is 12.5. The van der Waals surface area contributed by atoms with Gasteiger partial charge in [0.25, 0.3) is 0 Å². The van der Waals surface area contributed by atoms with Crippen molar-refractivity contribution < 1.29 is 20.1 Å². The van der Waals surface area contributed by atoms with E-state index in [2.05, 4.69) is 0 Å². The molecular formula is C11H14O4. The van der Waals surface area contributed by atoms with Crippen LogP contribution in [0, 0.1) is 0 Å². The zero-order chi connectivity index (χ0) is 11.6. The summed E-state index contributed by atoms with van der Waals surface area (Å²) in [5, 5.41) is 28.3. The molecule has 82 valence electrons. The molecule has 0 aromatic heterocycles. The summed E-state index contributed by atoms with van der Waals surface area (Å²) in [5.74, 6) is -0.638. The molecule has 1 aromatic carbocycles. The molecule has 0 saturated heterocycles. The van der Waals surface area contributed by atoms with Crippen molar-refractivity contribution in [3.8, 4) is 11.5 Å². The number of aliphatic hydroxyl groups is 1. The van der Waals surface area contributed by atoms with Gasteiger partial charge in [-0.05, 0) is 26.0 Å². The molecule has 1 unspecified atom stereocenters. The van der Waals surface area contributed by atoms with E-state index in [0.717, 1.165) is 0 Å². The molecule has 3 N–H and O–H groups in total. The number of carbonyl (C=O) groups excluding carboxylic acids is 1. The van der Waals surface area contributed by atoms with Gasteiger partial charge in [0, 0.05) is 12.0 Å². The molecule has 0 bridgehead atoms. The van der Waals surface area contributed by atoms with Crippen LogP contribution >= 0.6 is 0 Å². The lowest BCUT2D eigenvalue weighted by atomic mass is 10.0. The highest BCUT2D eigenvalue weighted by molar-refractivity contribution is 5.97. The summed E-state index contributed by atoms with van der Waals surface area (Å²) in [7, 11) is 0. The first-order valence-electron chi connectivity index (χ1n) is 4.66. The number of aromatic hydroxyl groups is 2. The van der Waals surface area contributed by atoms with E-state index in [1.807, 2.05) is 0 Å². The second-order valence-electron chi connectivity index (χ2n) is 3.57. The summed E-state index contributed by atoms with van der Waals surface area (Å²) in [6.07, 6.45) is -0.581. The average Bonchev–Trinajstić information content (AvgIpc) is 2.11. The minimum absolute atomic E-state index is 0.110. The summed E-state index contributed by atoms with van der Waals surface area (Å²) in [5.41, 5.74) is 0.362. The van der Waals surface area contributed by atoms with Gasteiger partial charge in [-0.15, -0.1) is 0 Å². The lowest BCUT2D eigenvalue weighted by molar-refractivity contribution is 0.101. The third-order valence-electron chi connectivity index (χ3n) is 2.14. The van der Waals surface area contributed by atoms with E-state index in [1.165, 1.54) is 19.1 Å². The van der Waals surface area contributed by atoms with E-state index in [1.54, 1.807) is 6.92 Å². The summed E-state index contributed by atoms with van der Waals surface area (Å²) in [4.78, 5) is 11.1. The molecule has 0 spiro atoms. The fourth-order valence-corrected chi connectivity index (χ4v) is 1.41. The highest BCUT2D eigenvalue weighted by Crippen LogP contribution is 2.31. The monoisotopic (exact) mass is 210 g/mol. The van der Waals surface area contributed by atoms with Crippen LogP contribution in [0.5, 0.6) is 11.5 Å². The number of hydrogen-bond donors (Lipinski definition) is 3. The van der Waals surface area contributed by atoms with E-state index in [-0.39, 0.29) is 34.8 Å². The Morgan fingerprint density at radius 2 is 2.00 bits per heavy atom. The van der Waals surface area contributed by atoms with Crippen LogP contribution in [0.4, 0.5) is 0 Å². The highest BCUT2D eigenvalue weighted by Gasteiger charge is 2.16. The van der Waals surface area contributed by atoms with E-state index >= 15 is 0 Å². The number of Topliss-reactive ketones (excluding diaryl/α,β-unsaturated/α-hetero) is 1. The van der Waals surface area contributed by atoms with Gasteiger partial charge in [-0.2, -0.15) is 0 Å². The second-order valence-corrected chi connectivity index (χ2v) is 3.57. The van der Waals surface area contributed by atoms with E-state index in [4.69, 9.17) is 0 Å². The zero-order valence-electron chi connectivity index (χ0n) is 8.69. The van der Waals surface area contributed by atoms with Crippen LogP contribution in [0.25, 0.3) is 0 Å². The Kier molecular flexibility index (Phi) is 3.31. The fourth-order valence-electron chi connectivity index (χ4n) is 1.41. The van der Waals surface area contributed by atoms with Gasteiger partial charge in [-0.1, -0.05) is 0 Å². The molecule has 15 heavy (non-hydrogen) atoms. The van der Waals surface area contributed by atoms with Gasteiger partial charge in [-0.25, -0.2) is 0 Å². The van der Waals surface area contributed by atoms with Gasteiger partial charge in [0.2, 0.25) is 0 Å². The first-order valence-corrected chi connectivity index (χ1v) is 4.66. The topological polar surface area (TPSA) is 77.8 Å². The Morgan fingerprint density at radius 3 is 2.47 bits per heavy atom. The summed E-state index contributed by atoms with van der Waals surface area (Å²) in [6.45, 7) is 2.87. The van der Waals surface area contributed by atoms with Gasteiger partial charge in [0.1, 0.15) is 11.5 Å². The molecule has 1 atom stereocenters. The van der Waals surface area contributed by atoms with Gasteiger partial charge < -0.3 is 15.3 Å². The molecule has 4 nitrogen and oxygen atoms in total. The third kappa shape index (κ3) is 2.47. The third-order valence-corrected chi connectivity index (χ3v) is 2.14. The molecule has 0 aliphatic rings. The average molecular weight is 210 g/mol. The van der Waals surface area contributed by atoms with Gasteiger partial charge in [0.05, 0.1) is 11.7 Å². The number of phenols is 2. The molecular weight excluding hydrogens is 196 g/mol. The van der Waals surface area contributed by atoms with Crippen LogP contribution in [-0.4, -0.2) is 27.2 Å². The Hall–Kier alpha value is -1.55. The number of phenolic OH excluding ortho intramolecular Hbond substituents is 2. The molecule has 0 radical (unpaired) electrons. The van der Waals surface area contributed by atoms with Crippen molar-refractivity contribution in [2.45, 2.75) is 26.4 Å². The first kappa shape index (κ1) is 11.5. The Labute approximate surface area is 87.8 Å². The zero-order valence-corrected chi connectivity index (χ0v) is 8.69. The Balaban J connectivity index is 3.24. The van der Waals surface area contributed by atoms with Crippen LogP contribution < -0.4 is 0 Å². The predicted octanol–water partition coefficient (Wildman–Crippen LogP) is 1.22. The van der Waals surface area contributed by atoms with Crippen molar-refractivity contribution in [2.75, 3.05) is 0 Å². The largest absolute Gasteiger partial charge is 0.508 e. The van der Waals surface area contributed by atoms with E-state index < -0.39 is 6.10 Å². The first-order chi connectivity index (χ1) is 6.93. The van der Waals surface area contributed by atoms with Crippen LogP contribution in [0.15, 0.2) is 12.1 Å². The number of aliphatic hydroxyl groups excluding tert-OH is 1. The number of rotatable bonds is 3. The molecule has 0 aliphatic heterocycles. The van der Waals surface area contributed by atoms with Crippen molar-refractivity contribution in [1.29, 1.82) is 0 Å². The van der Waals surface area contributed by atoms with E-state index in [0.29, 0.717) is 0 Å². The molecule has 0 saturated carbocycles. The van der Waals surface area contributed by atoms with Crippen molar-refractivity contribution in [2.24, 2.45) is 0 Å². The van der Waals surface area contributed by atoms with Crippen molar-refractivity contribution in [1.82, 2.24) is 0 Å². The molecule has 4 heteroatoms. The number of hydrogen-bond acceptors (Lipinski definition) is 4. The maximum absolute atomic E-state index is 11.1. The summed E-state index contributed by atoms with van der Waals surface area (Å²) < 4.78 is 0. The molecule has 0 aliphatic carbocycles. The quantitative estimate of drug-likeness (QED) is 0.655. The lowest BCUT2D eigenvalue weighted by Crippen LogP contribution is -2.06. The van der Waals surface area contributed by atoms with Crippen LogP contribution in [0.2, 0.25) is 0 Å².